The van der Waals surface area contributed by atoms with Gasteiger partial charge in [-0.05, 0) is 43.2 Å². The van der Waals surface area contributed by atoms with Crippen LogP contribution in [0.15, 0.2) is 42.5 Å². The molecule has 2 aromatic rings. The van der Waals surface area contributed by atoms with E-state index in [9.17, 15) is 9.59 Å². The number of benzene rings is 2. The number of rotatable bonds is 9. The number of aryl methyl sites for hydroxylation is 1. The highest BCUT2D eigenvalue weighted by Crippen LogP contribution is 2.40. The van der Waals surface area contributed by atoms with Gasteiger partial charge in [-0.25, -0.2) is 0 Å². The third-order valence-electron chi connectivity index (χ3n) is 5.98. The van der Waals surface area contributed by atoms with Crippen molar-refractivity contribution in [2.45, 2.75) is 19.3 Å². The van der Waals surface area contributed by atoms with E-state index in [1.54, 1.807) is 26.2 Å². The lowest BCUT2D eigenvalue weighted by Crippen LogP contribution is -2.36. The third-order valence-corrected chi connectivity index (χ3v) is 5.98. The molecule has 1 N–H and O–H groups in total. The minimum atomic E-state index is -0.397. The zero-order valence-corrected chi connectivity index (χ0v) is 19.2. The van der Waals surface area contributed by atoms with E-state index in [-0.39, 0.29) is 17.7 Å². The number of hydrogen-bond acceptors (Lipinski definition) is 5. The molecule has 1 heterocycles. The van der Waals surface area contributed by atoms with Gasteiger partial charge in [-0.3, -0.25) is 9.59 Å². The standard InChI is InChI=1S/C25H32N2O5/c1-17-8-5-6-9-19(17)25(29)27-15-21(20-14-18(31-3)10-11-23(20)32-4)22(16-27)24(28)26-12-7-13-30-2/h5-6,8-11,14,21-22H,7,12-13,15-16H2,1-4H3,(H,26,28)/t21-,22-/m1/s1. The van der Waals surface area contributed by atoms with Gasteiger partial charge in [0.25, 0.3) is 5.91 Å². The lowest BCUT2D eigenvalue weighted by molar-refractivity contribution is -0.125. The van der Waals surface area contributed by atoms with Crippen LogP contribution in [0.1, 0.15) is 33.8 Å². The first-order chi connectivity index (χ1) is 15.5. The van der Waals surface area contributed by atoms with E-state index >= 15 is 0 Å². The molecular weight excluding hydrogens is 408 g/mol. The summed E-state index contributed by atoms with van der Waals surface area (Å²) in [6.07, 6.45) is 0.730. The van der Waals surface area contributed by atoms with Crippen molar-refractivity contribution in [2.75, 3.05) is 47.6 Å². The van der Waals surface area contributed by atoms with Crippen molar-refractivity contribution in [2.24, 2.45) is 5.92 Å². The van der Waals surface area contributed by atoms with Crippen LogP contribution >= 0.6 is 0 Å². The third kappa shape index (κ3) is 5.22. The van der Waals surface area contributed by atoms with Crippen molar-refractivity contribution in [1.29, 1.82) is 0 Å². The van der Waals surface area contributed by atoms with Gasteiger partial charge in [-0.2, -0.15) is 0 Å². The summed E-state index contributed by atoms with van der Waals surface area (Å²) >= 11 is 0. The second kappa shape index (κ2) is 11.0. The zero-order valence-electron chi connectivity index (χ0n) is 19.2. The van der Waals surface area contributed by atoms with Gasteiger partial charge < -0.3 is 24.4 Å². The molecule has 2 aromatic carbocycles. The Morgan fingerprint density at radius 1 is 1.06 bits per heavy atom. The molecule has 2 atom stereocenters. The molecule has 7 nitrogen and oxygen atoms in total. The van der Waals surface area contributed by atoms with Crippen LogP contribution in [0, 0.1) is 12.8 Å². The second-order valence-electron chi connectivity index (χ2n) is 7.98. The first kappa shape index (κ1) is 23.6. The maximum absolute atomic E-state index is 13.3. The predicted molar refractivity (Wildman–Crippen MR) is 122 cm³/mol. The van der Waals surface area contributed by atoms with Crippen molar-refractivity contribution in [3.8, 4) is 11.5 Å². The second-order valence-corrected chi connectivity index (χ2v) is 7.98. The average Bonchev–Trinajstić information content (AvgIpc) is 3.26. The van der Waals surface area contributed by atoms with Gasteiger partial charge in [0.2, 0.25) is 5.91 Å². The minimum Gasteiger partial charge on any atom is -0.497 e. The van der Waals surface area contributed by atoms with Crippen LogP contribution in [0.2, 0.25) is 0 Å². The number of amides is 2. The summed E-state index contributed by atoms with van der Waals surface area (Å²) in [4.78, 5) is 28.2. The normalized spacial score (nSPS) is 17.8. The Balaban J connectivity index is 1.90. The maximum atomic E-state index is 13.3. The SMILES string of the molecule is COCCCNC(=O)[C@@H]1CN(C(=O)c2ccccc2C)C[C@@H]1c1cc(OC)ccc1OC. The molecule has 1 aliphatic rings. The van der Waals surface area contributed by atoms with Crippen molar-refractivity contribution in [3.05, 3.63) is 59.2 Å². The molecule has 1 fully saturated rings. The largest absolute Gasteiger partial charge is 0.497 e. The first-order valence-corrected chi connectivity index (χ1v) is 10.8. The molecule has 7 heteroatoms. The van der Waals surface area contributed by atoms with Crippen LogP contribution in [-0.4, -0.2) is 64.3 Å². The predicted octanol–water partition coefficient (Wildman–Crippen LogP) is 3.02. The number of carbonyl (C=O) groups is 2. The van der Waals surface area contributed by atoms with Gasteiger partial charge in [0.15, 0.2) is 0 Å². The molecule has 3 rings (SSSR count). The summed E-state index contributed by atoms with van der Waals surface area (Å²) in [5, 5.41) is 3.01. The van der Waals surface area contributed by atoms with Crippen LogP contribution in [0.3, 0.4) is 0 Å². The van der Waals surface area contributed by atoms with Crippen LogP contribution in [0.25, 0.3) is 0 Å². The molecule has 1 aliphatic heterocycles. The minimum absolute atomic E-state index is 0.0651. The molecular formula is C25H32N2O5. The van der Waals surface area contributed by atoms with Gasteiger partial charge in [0.05, 0.1) is 20.1 Å². The molecule has 0 radical (unpaired) electrons. The molecule has 172 valence electrons. The number of ether oxygens (including phenoxy) is 3. The van der Waals surface area contributed by atoms with Crippen LogP contribution in [0.4, 0.5) is 0 Å². The quantitative estimate of drug-likeness (QED) is 0.607. The summed E-state index contributed by atoms with van der Waals surface area (Å²) in [5.41, 5.74) is 2.44. The summed E-state index contributed by atoms with van der Waals surface area (Å²) in [6.45, 7) is 3.79. The summed E-state index contributed by atoms with van der Waals surface area (Å²) in [7, 11) is 4.85. The van der Waals surface area contributed by atoms with Gasteiger partial charge >= 0.3 is 0 Å². The van der Waals surface area contributed by atoms with E-state index in [0.29, 0.717) is 43.3 Å². The zero-order chi connectivity index (χ0) is 23.1. The fourth-order valence-corrected chi connectivity index (χ4v) is 4.22. The molecule has 0 bridgehead atoms. The van der Waals surface area contributed by atoms with Gasteiger partial charge in [-0.15, -0.1) is 0 Å². The van der Waals surface area contributed by atoms with E-state index < -0.39 is 5.92 Å². The molecule has 0 saturated carbocycles. The number of nitrogens with one attached hydrogen (secondary N) is 1. The van der Waals surface area contributed by atoms with E-state index in [4.69, 9.17) is 14.2 Å². The molecule has 0 spiro atoms. The Kier molecular flexibility index (Phi) is 8.11. The Labute approximate surface area is 189 Å². The Bertz CT molecular complexity index is 946. The van der Waals surface area contributed by atoms with Crippen molar-refractivity contribution < 1.29 is 23.8 Å². The lowest BCUT2D eigenvalue weighted by Gasteiger charge is -2.21. The lowest BCUT2D eigenvalue weighted by atomic mass is 9.87. The van der Waals surface area contributed by atoms with Crippen molar-refractivity contribution in [3.63, 3.8) is 0 Å². The molecule has 1 saturated heterocycles. The fourth-order valence-electron chi connectivity index (χ4n) is 4.22. The van der Waals surface area contributed by atoms with Gasteiger partial charge in [0, 0.05) is 50.4 Å². The number of methoxy groups -OCH3 is 3. The molecule has 0 aliphatic carbocycles. The Hall–Kier alpha value is -3.06. The summed E-state index contributed by atoms with van der Waals surface area (Å²) in [5.74, 6) is 0.615. The van der Waals surface area contributed by atoms with Crippen LogP contribution in [-0.2, 0) is 9.53 Å². The number of nitrogens with zero attached hydrogens (tertiary/aromatic N) is 1. The van der Waals surface area contributed by atoms with E-state index in [2.05, 4.69) is 5.32 Å². The van der Waals surface area contributed by atoms with E-state index in [0.717, 1.165) is 17.5 Å². The van der Waals surface area contributed by atoms with Gasteiger partial charge in [-0.1, -0.05) is 18.2 Å². The summed E-state index contributed by atoms with van der Waals surface area (Å²) < 4.78 is 16.1. The van der Waals surface area contributed by atoms with E-state index in [1.165, 1.54) is 0 Å². The maximum Gasteiger partial charge on any atom is 0.254 e. The van der Waals surface area contributed by atoms with Crippen molar-refractivity contribution >= 4 is 11.8 Å². The van der Waals surface area contributed by atoms with Crippen LogP contribution in [0.5, 0.6) is 11.5 Å². The Morgan fingerprint density at radius 3 is 2.53 bits per heavy atom. The van der Waals surface area contributed by atoms with E-state index in [1.807, 2.05) is 49.4 Å². The monoisotopic (exact) mass is 440 g/mol. The number of likely N-dealkylation sites (tertiary alicyclic amines) is 1. The number of hydrogen-bond donors (Lipinski definition) is 1. The fraction of sp³-hybridized carbons (Fsp3) is 0.440. The first-order valence-electron chi connectivity index (χ1n) is 10.8. The molecule has 0 unspecified atom stereocenters. The van der Waals surface area contributed by atoms with Crippen LogP contribution < -0.4 is 14.8 Å². The molecule has 2 amide bonds. The summed E-state index contributed by atoms with van der Waals surface area (Å²) in [6, 6.07) is 13.1. The topological polar surface area (TPSA) is 77.1 Å². The highest BCUT2D eigenvalue weighted by atomic mass is 16.5. The molecule has 0 aromatic heterocycles. The Morgan fingerprint density at radius 2 is 1.84 bits per heavy atom. The van der Waals surface area contributed by atoms with Gasteiger partial charge in [0.1, 0.15) is 11.5 Å². The highest BCUT2D eigenvalue weighted by Gasteiger charge is 2.42. The number of carbonyl (C=O) groups excluding carboxylic acids is 2. The van der Waals surface area contributed by atoms with Crippen molar-refractivity contribution in [1.82, 2.24) is 10.2 Å². The molecule has 32 heavy (non-hydrogen) atoms. The highest BCUT2D eigenvalue weighted by molar-refractivity contribution is 5.96. The average molecular weight is 441 g/mol. The smallest absolute Gasteiger partial charge is 0.254 e.